The highest BCUT2D eigenvalue weighted by Crippen LogP contribution is 2.69. The van der Waals surface area contributed by atoms with Crippen LogP contribution in [0.2, 0.25) is 0 Å². The minimum Gasteiger partial charge on any atom is -0.515 e. The number of benzene rings is 8. The predicted molar refractivity (Wildman–Crippen MR) is 252 cm³/mol. The van der Waals surface area contributed by atoms with Crippen molar-refractivity contribution < 1.29 is 39.5 Å². The van der Waals surface area contributed by atoms with E-state index < -0.39 is 11.5 Å². The lowest BCUT2D eigenvalue weighted by atomic mass is 9.84. The Morgan fingerprint density at radius 1 is 0.594 bits per heavy atom. The van der Waals surface area contributed by atoms with E-state index in [1.807, 2.05) is 122 Å². The first kappa shape index (κ1) is 36.9. The van der Waals surface area contributed by atoms with Crippen molar-refractivity contribution >= 4 is 105 Å². The molecule has 10 heteroatoms. The van der Waals surface area contributed by atoms with Gasteiger partial charge in [-0.25, -0.2) is 0 Å². The first-order valence-electron chi connectivity index (χ1n) is 20.5. The SMILES string of the molecule is C=C(/C(O)=C(O)\C=C/O)N(c1ccc2ccc3c(N(c4c(O)c5c(O)c(O)c4-5)c4cccc5c4oc4c(C)cccc45)ccc4ccc1c2c43)c1cc#cc2c1oc1c(C)cccc12. The highest BCUT2D eigenvalue weighted by Gasteiger charge is 2.42. The highest BCUT2D eigenvalue weighted by atomic mass is 16.3. The van der Waals surface area contributed by atoms with E-state index in [0.717, 1.165) is 71.3 Å². The monoisotopic (exact) mass is 838 g/mol. The van der Waals surface area contributed by atoms with E-state index in [1.54, 1.807) is 11.0 Å². The van der Waals surface area contributed by atoms with Gasteiger partial charge in [0.2, 0.25) is 0 Å². The van der Waals surface area contributed by atoms with E-state index >= 15 is 0 Å². The van der Waals surface area contributed by atoms with Crippen LogP contribution in [-0.4, -0.2) is 30.6 Å². The number of hydrogen-bond acceptors (Lipinski definition) is 10. The van der Waals surface area contributed by atoms with Crippen LogP contribution in [-0.2, 0) is 0 Å². The van der Waals surface area contributed by atoms with Gasteiger partial charge in [0.25, 0.3) is 0 Å². The molecule has 2 aromatic heterocycles. The number of aliphatic hydroxyl groups is 3. The summed E-state index contributed by atoms with van der Waals surface area (Å²) < 4.78 is 13.2. The predicted octanol–water partition coefficient (Wildman–Crippen LogP) is 14.2. The fourth-order valence-corrected chi connectivity index (χ4v) is 9.71. The van der Waals surface area contributed by atoms with Crippen LogP contribution in [0.25, 0.3) is 87.3 Å². The Bertz CT molecular complexity index is 3930. The van der Waals surface area contributed by atoms with E-state index in [2.05, 4.69) is 18.7 Å². The molecule has 0 unspecified atom stereocenters. The number of para-hydroxylation sites is 3. The molecular formula is C54H34N2O8. The van der Waals surface area contributed by atoms with E-state index in [-0.39, 0.29) is 28.5 Å². The molecule has 6 N–H and O–H groups in total. The molecule has 0 saturated heterocycles. The number of fused-ring (bicyclic) bond motifs is 7. The molecule has 0 aliphatic heterocycles. The van der Waals surface area contributed by atoms with E-state index in [9.17, 15) is 30.6 Å². The second-order valence-electron chi connectivity index (χ2n) is 16.2. The van der Waals surface area contributed by atoms with Gasteiger partial charge in [-0.1, -0.05) is 97.6 Å². The summed E-state index contributed by atoms with van der Waals surface area (Å²) in [6.45, 7) is 8.23. The summed E-state index contributed by atoms with van der Waals surface area (Å²) in [6, 6.07) is 41.7. The molecule has 0 fully saturated rings. The van der Waals surface area contributed by atoms with Crippen LogP contribution in [0.1, 0.15) is 11.1 Å². The van der Waals surface area contributed by atoms with Crippen molar-refractivity contribution in [1.29, 1.82) is 0 Å². The summed E-state index contributed by atoms with van der Waals surface area (Å²) in [5, 5.41) is 73.5. The molecule has 12 rings (SSSR count). The lowest BCUT2D eigenvalue weighted by molar-refractivity contribution is 0.342. The molecule has 8 aromatic carbocycles. The van der Waals surface area contributed by atoms with Crippen molar-refractivity contribution in [3.8, 4) is 28.4 Å². The third kappa shape index (κ3) is 4.75. The van der Waals surface area contributed by atoms with Crippen LogP contribution in [0.4, 0.5) is 28.4 Å². The molecule has 2 aliphatic rings. The maximum Gasteiger partial charge on any atom is 0.181 e. The van der Waals surface area contributed by atoms with Gasteiger partial charge in [-0.15, -0.1) is 0 Å². The van der Waals surface area contributed by atoms with E-state index in [4.69, 9.17) is 8.83 Å². The Morgan fingerprint density at radius 3 is 1.88 bits per heavy atom. The summed E-state index contributed by atoms with van der Waals surface area (Å²) in [5.74, 6) is -2.00. The van der Waals surface area contributed by atoms with Gasteiger partial charge >= 0.3 is 0 Å². The van der Waals surface area contributed by atoms with Crippen LogP contribution in [0.5, 0.6) is 17.2 Å². The molecule has 0 saturated carbocycles. The van der Waals surface area contributed by atoms with Gasteiger partial charge in [0.1, 0.15) is 16.9 Å². The van der Waals surface area contributed by atoms with Crippen LogP contribution < -0.4 is 9.80 Å². The molecule has 0 atom stereocenters. The summed E-state index contributed by atoms with van der Waals surface area (Å²) in [4.78, 5) is 3.59. The molecule has 308 valence electrons. The Morgan fingerprint density at radius 2 is 1.17 bits per heavy atom. The minimum atomic E-state index is -0.606. The fraction of sp³-hybridized carbons (Fsp3) is 0.0370. The van der Waals surface area contributed by atoms with Crippen molar-refractivity contribution in [2.75, 3.05) is 9.80 Å². The zero-order valence-electron chi connectivity index (χ0n) is 34.1. The first-order valence-corrected chi connectivity index (χ1v) is 20.5. The Labute approximate surface area is 363 Å². The lowest BCUT2D eigenvalue weighted by Crippen LogP contribution is -2.19. The van der Waals surface area contributed by atoms with Crippen molar-refractivity contribution in [3.63, 3.8) is 0 Å². The van der Waals surface area contributed by atoms with Crippen molar-refractivity contribution in [2.24, 2.45) is 0 Å². The smallest absolute Gasteiger partial charge is 0.181 e. The second-order valence-corrected chi connectivity index (χ2v) is 16.2. The molecule has 2 aliphatic carbocycles. The standard InChI is InChI=1S/C54H34N2O8/c1-26-8-4-10-31-33-12-6-14-39(53(33)63-51(26)31)55(28(3)47(59)41(58)24-25-57)37-22-18-29-17-21-36-38(23-19-30-16-20-35(37)42(29)43(30)36)56(46-44-45(48(46)60)50(62)49(44)61)40-15-7-13-34-32-11-5-9-27(2)52(32)64-54(34)40/h4-5,7-11,13-25,57-62H,3H2,1-2H3/b25-24-,47-41-. The van der Waals surface area contributed by atoms with Gasteiger partial charge in [-0.2, -0.15) is 0 Å². The molecule has 0 radical (unpaired) electrons. The fourth-order valence-electron chi connectivity index (χ4n) is 9.71. The third-order valence-electron chi connectivity index (χ3n) is 12.7. The molecule has 64 heavy (non-hydrogen) atoms. The number of aryl methyl sites for hydroxylation is 2. The third-order valence-corrected chi connectivity index (χ3v) is 12.7. The zero-order chi connectivity index (χ0) is 43.9. The molecule has 0 spiro atoms. The topological polar surface area (TPSA) is 154 Å². The van der Waals surface area contributed by atoms with Crippen LogP contribution >= 0.6 is 0 Å². The van der Waals surface area contributed by atoms with Gasteiger partial charge in [0, 0.05) is 39.1 Å². The Balaban J connectivity index is 1.14. The second kappa shape index (κ2) is 13.0. The molecule has 0 bridgehead atoms. The number of phenols is 3. The van der Waals surface area contributed by atoms with Gasteiger partial charge < -0.3 is 49.3 Å². The Hall–Kier alpha value is -8.94. The molecule has 0 amide bonds. The zero-order valence-corrected chi connectivity index (χ0v) is 34.1. The lowest BCUT2D eigenvalue weighted by Gasteiger charge is -2.36. The van der Waals surface area contributed by atoms with Crippen LogP contribution in [0, 0.1) is 26.0 Å². The summed E-state index contributed by atoms with van der Waals surface area (Å²) in [5.41, 5.74) is 7.49. The normalized spacial score (nSPS) is 12.7. The maximum atomic E-state index is 11.6. The molecule has 2 heterocycles. The average Bonchev–Trinajstić information content (AvgIpc) is 3.90. The maximum absolute atomic E-state index is 11.6. The number of furan rings is 2. The number of phenolic OH excluding ortho intramolecular Hbond substituents is 3. The quantitative estimate of drug-likeness (QED) is 0.0286. The van der Waals surface area contributed by atoms with Gasteiger partial charge in [-0.05, 0) is 70.8 Å². The highest BCUT2D eigenvalue weighted by molar-refractivity contribution is 6.29. The number of aromatic hydroxyl groups is 3. The summed E-state index contributed by atoms with van der Waals surface area (Å²) in [6.07, 6.45) is 1.59. The molecule has 10 nitrogen and oxygen atoms in total. The summed E-state index contributed by atoms with van der Waals surface area (Å²) >= 11 is 0. The largest absolute Gasteiger partial charge is 0.515 e. The minimum absolute atomic E-state index is 0.0159. The number of rotatable bonds is 8. The van der Waals surface area contributed by atoms with Gasteiger partial charge in [0.05, 0.1) is 51.2 Å². The van der Waals surface area contributed by atoms with Crippen LogP contribution in [0.3, 0.4) is 0 Å². The Kier molecular flexibility index (Phi) is 7.51. The first-order chi connectivity index (χ1) is 31.1. The van der Waals surface area contributed by atoms with Gasteiger partial charge in [-0.3, -0.25) is 0 Å². The van der Waals surface area contributed by atoms with Crippen molar-refractivity contribution in [2.45, 2.75) is 13.8 Å². The molecular weight excluding hydrogens is 805 g/mol. The number of aliphatic hydroxyl groups excluding tert-OH is 3. The van der Waals surface area contributed by atoms with E-state index in [1.165, 1.54) is 0 Å². The number of hydrogen-bond donors (Lipinski definition) is 6. The van der Waals surface area contributed by atoms with Crippen LogP contribution in [0.15, 0.2) is 154 Å². The van der Waals surface area contributed by atoms with Crippen molar-refractivity contribution in [1.82, 2.24) is 0 Å². The number of anilines is 5. The average molecular weight is 839 g/mol. The number of nitrogens with zero attached hydrogens (tertiary/aromatic N) is 2. The van der Waals surface area contributed by atoms with Gasteiger partial charge in [0.15, 0.2) is 39.9 Å². The van der Waals surface area contributed by atoms with E-state index in [0.29, 0.717) is 62.4 Å². The number of allylic oxidation sites excluding steroid dienone is 1. The molecule has 10 aromatic rings. The summed E-state index contributed by atoms with van der Waals surface area (Å²) in [7, 11) is 0. The van der Waals surface area contributed by atoms with Crippen molar-refractivity contribution in [3.05, 3.63) is 169 Å².